The van der Waals surface area contributed by atoms with Gasteiger partial charge in [-0.05, 0) is 45.8 Å². The molecule has 5 heteroatoms. The summed E-state index contributed by atoms with van der Waals surface area (Å²) in [6, 6.07) is 0.609. The number of carbonyl (C=O) groups excluding carboxylic acids is 2. The number of hydrogen-bond acceptors (Lipinski definition) is 5. The van der Waals surface area contributed by atoms with Gasteiger partial charge in [0.2, 0.25) is 0 Å². The van der Waals surface area contributed by atoms with Crippen LogP contribution in [0.15, 0.2) is 0 Å². The Bertz CT molecular complexity index is 333. The summed E-state index contributed by atoms with van der Waals surface area (Å²) >= 11 is 0. The third kappa shape index (κ3) is 4.28. The van der Waals surface area contributed by atoms with Gasteiger partial charge in [-0.1, -0.05) is 0 Å². The van der Waals surface area contributed by atoms with Gasteiger partial charge in [0.25, 0.3) is 0 Å². The van der Waals surface area contributed by atoms with Crippen molar-refractivity contribution in [2.45, 2.75) is 38.6 Å². The fraction of sp³-hybridized carbons (Fsp3) is 0.857. The zero-order valence-corrected chi connectivity index (χ0v) is 11.8. The molecule has 2 aliphatic rings. The van der Waals surface area contributed by atoms with Crippen molar-refractivity contribution in [3.63, 3.8) is 0 Å². The number of hydrogen-bond donors (Lipinski definition) is 0. The van der Waals surface area contributed by atoms with Crippen LogP contribution < -0.4 is 0 Å². The van der Waals surface area contributed by atoms with E-state index in [1.165, 1.54) is 19.4 Å². The molecule has 0 radical (unpaired) electrons. The van der Waals surface area contributed by atoms with Gasteiger partial charge in [-0.15, -0.1) is 0 Å². The van der Waals surface area contributed by atoms with E-state index in [4.69, 9.17) is 4.74 Å². The predicted molar refractivity (Wildman–Crippen MR) is 71.9 cm³/mol. The summed E-state index contributed by atoms with van der Waals surface area (Å²) in [7, 11) is 0. The number of esters is 1. The van der Waals surface area contributed by atoms with E-state index < -0.39 is 5.97 Å². The number of Topliss-reactive ketones (excluding diaryl/α,β-unsaturated/α-hetero) is 1. The summed E-state index contributed by atoms with van der Waals surface area (Å²) in [6.07, 6.45) is 3.54. The molecule has 0 saturated carbocycles. The molecule has 0 amide bonds. The number of nitrogens with zero attached hydrogens (tertiary/aromatic N) is 2. The van der Waals surface area contributed by atoms with Gasteiger partial charge in [0.15, 0.2) is 5.78 Å². The van der Waals surface area contributed by atoms with Crippen LogP contribution in [0.4, 0.5) is 0 Å². The predicted octanol–water partition coefficient (Wildman–Crippen LogP) is 0.679. The van der Waals surface area contributed by atoms with Gasteiger partial charge >= 0.3 is 5.97 Å². The van der Waals surface area contributed by atoms with Crippen molar-refractivity contribution < 1.29 is 14.3 Å². The van der Waals surface area contributed by atoms with E-state index >= 15 is 0 Å². The molecule has 1 unspecified atom stereocenters. The first-order chi connectivity index (χ1) is 9.19. The summed E-state index contributed by atoms with van der Waals surface area (Å²) in [6.45, 7) is 6.76. The van der Waals surface area contributed by atoms with Gasteiger partial charge in [0.1, 0.15) is 6.42 Å². The van der Waals surface area contributed by atoms with Crippen molar-refractivity contribution in [2.24, 2.45) is 0 Å². The van der Waals surface area contributed by atoms with E-state index in [9.17, 15) is 9.59 Å². The minimum absolute atomic E-state index is 0.0232. The highest BCUT2D eigenvalue weighted by molar-refractivity contribution is 5.96. The molecule has 1 atom stereocenters. The average Bonchev–Trinajstić information content (AvgIpc) is 2.68. The normalized spacial score (nSPS) is 24.8. The molecule has 108 valence electrons. The van der Waals surface area contributed by atoms with E-state index in [0.29, 0.717) is 19.2 Å². The summed E-state index contributed by atoms with van der Waals surface area (Å²) < 4.78 is 4.81. The lowest BCUT2D eigenvalue weighted by Crippen LogP contribution is -2.39. The zero-order chi connectivity index (χ0) is 13.7. The maximum absolute atomic E-state index is 11.8. The van der Waals surface area contributed by atoms with E-state index in [0.717, 1.165) is 26.1 Å². The van der Waals surface area contributed by atoms with Crippen molar-refractivity contribution in [1.29, 1.82) is 0 Å². The van der Waals surface area contributed by atoms with Gasteiger partial charge in [0.05, 0.1) is 13.2 Å². The first kappa shape index (κ1) is 14.5. The standard InChI is InChI=1S/C14H24N2O3/c1-2-19-14(18)9-13(17)11-15-6-4-8-16-7-3-5-12(16)10-15/h12H,2-11H2,1H3. The molecular weight excluding hydrogens is 244 g/mol. The Morgan fingerprint density at radius 1 is 1.21 bits per heavy atom. The maximum Gasteiger partial charge on any atom is 0.313 e. The highest BCUT2D eigenvalue weighted by Crippen LogP contribution is 2.21. The largest absolute Gasteiger partial charge is 0.466 e. The first-order valence-corrected chi connectivity index (χ1v) is 7.32. The average molecular weight is 268 g/mol. The van der Waals surface area contributed by atoms with Crippen LogP contribution in [0.1, 0.15) is 32.6 Å². The van der Waals surface area contributed by atoms with Crippen LogP contribution in [0.25, 0.3) is 0 Å². The van der Waals surface area contributed by atoms with Crippen molar-refractivity contribution in [2.75, 3.05) is 39.3 Å². The highest BCUT2D eigenvalue weighted by atomic mass is 16.5. The Hall–Kier alpha value is -0.940. The van der Waals surface area contributed by atoms with Crippen LogP contribution in [0.5, 0.6) is 0 Å². The lowest BCUT2D eigenvalue weighted by atomic mass is 10.2. The Labute approximate surface area is 114 Å². The Kier molecular flexibility index (Phi) is 5.34. The number of fused-ring (bicyclic) bond motifs is 1. The first-order valence-electron chi connectivity index (χ1n) is 7.32. The van der Waals surface area contributed by atoms with Gasteiger partial charge in [0, 0.05) is 12.6 Å². The summed E-state index contributed by atoms with van der Waals surface area (Å²) in [5, 5.41) is 0. The zero-order valence-electron chi connectivity index (χ0n) is 11.8. The summed E-state index contributed by atoms with van der Waals surface area (Å²) in [5.74, 6) is -0.422. The monoisotopic (exact) mass is 268 g/mol. The quantitative estimate of drug-likeness (QED) is 0.542. The molecule has 2 heterocycles. The van der Waals surface area contributed by atoms with Gasteiger partial charge in [-0.2, -0.15) is 0 Å². The van der Waals surface area contributed by atoms with Gasteiger partial charge in [-0.25, -0.2) is 0 Å². The molecule has 0 N–H and O–H groups in total. The smallest absolute Gasteiger partial charge is 0.313 e. The van der Waals surface area contributed by atoms with Gasteiger partial charge < -0.3 is 4.74 Å². The molecule has 2 aliphatic heterocycles. The van der Waals surface area contributed by atoms with Crippen LogP contribution in [0, 0.1) is 0 Å². The van der Waals surface area contributed by atoms with Crippen LogP contribution in [0.2, 0.25) is 0 Å². The SMILES string of the molecule is CCOC(=O)CC(=O)CN1CCCN2CCCC2C1. The Morgan fingerprint density at radius 2 is 2.00 bits per heavy atom. The highest BCUT2D eigenvalue weighted by Gasteiger charge is 2.29. The van der Waals surface area contributed by atoms with Crippen molar-refractivity contribution in [3.05, 3.63) is 0 Å². The van der Waals surface area contributed by atoms with E-state index in [2.05, 4.69) is 9.80 Å². The summed E-state index contributed by atoms with van der Waals surface area (Å²) in [5.41, 5.74) is 0. The molecule has 0 spiro atoms. The molecule has 0 aromatic carbocycles. The number of ether oxygens (including phenoxy) is 1. The van der Waals surface area contributed by atoms with Crippen molar-refractivity contribution in [3.8, 4) is 0 Å². The van der Waals surface area contributed by atoms with E-state index in [1.54, 1.807) is 6.92 Å². The second-order valence-electron chi connectivity index (χ2n) is 5.44. The number of carbonyl (C=O) groups is 2. The molecular formula is C14H24N2O3. The molecule has 0 aromatic rings. The topological polar surface area (TPSA) is 49.9 Å². The molecule has 19 heavy (non-hydrogen) atoms. The lowest BCUT2D eigenvalue weighted by molar-refractivity contribution is -0.145. The van der Waals surface area contributed by atoms with Crippen LogP contribution >= 0.6 is 0 Å². The molecule has 2 fully saturated rings. The molecule has 5 nitrogen and oxygen atoms in total. The fourth-order valence-electron chi connectivity index (χ4n) is 3.10. The second kappa shape index (κ2) is 7.01. The molecule has 0 aromatic heterocycles. The molecule has 2 saturated heterocycles. The fourth-order valence-corrected chi connectivity index (χ4v) is 3.10. The van der Waals surface area contributed by atoms with Crippen LogP contribution in [0.3, 0.4) is 0 Å². The van der Waals surface area contributed by atoms with E-state index in [-0.39, 0.29) is 12.2 Å². The second-order valence-corrected chi connectivity index (χ2v) is 5.44. The minimum Gasteiger partial charge on any atom is -0.466 e. The summed E-state index contributed by atoms with van der Waals surface area (Å²) in [4.78, 5) is 27.9. The van der Waals surface area contributed by atoms with Crippen LogP contribution in [-0.2, 0) is 14.3 Å². The van der Waals surface area contributed by atoms with Crippen molar-refractivity contribution >= 4 is 11.8 Å². The maximum atomic E-state index is 11.8. The Morgan fingerprint density at radius 3 is 2.79 bits per heavy atom. The molecule has 0 aliphatic carbocycles. The minimum atomic E-state index is -0.398. The lowest BCUT2D eigenvalue weighted by Gasteiger charge is -2.24. The third-order valence-electron chi connectivity index (χ3n) is 3.93. The third-order valence-corrected chi connectivity index (χ3v) is 3.93. The van der Waals surface area contributed by atoms with Gasteiger partial charge in [-0.3, -0.25) is 19.4 Å². The van der Waals surface area contributed by atoms with Crippen LogP contribution in [-0.4, -0.2) is 66.9 Å². The van der Waals surface area contributed by atoms with E-state index in [1.807, 2.05) is 0 Å². The number of ketones is 1. The molecule has 2 rings (SSSR count). The molecule has 0 bridgehead atoms. The number of rotatable bonds is 5. The van der Waals surface area contributed by atoms with Crippen molar-refractivity contribution in [1.82, 2.24) is 9.80 Å². The Balaban J connectivity index is 1.78.